The second-order valence-corrected chi connectivity index (χ2v) is 7.30. The van der Waals surface area contributed by atoms with Crippen LogP contribution < -0.4 is 5.32 Å². The van der Waals surface area contributed by atoms with Crippen LogP contribution in [0.15, 0.2) is 24.3 Å². The molecule has 0 amide bonds. The Labute approximate surface area is 148 Å². The van der Waals surface area contributed by atoms with E-state index < -0.39 is 0 Å². The molecule has 1 aromatic carbocycles. The largest absolute Gasteiger partial charge is 0.360 e. The Morgan fingerprint density at radius 2 is 1.67 bits per heavy atom. The van der Waals surface area contributed by atoms with Gasteiger partial charge in [0.1, 0.15) is 5.82 Å². The first-order valence-electron chi connectivity index (χ1n) is 8.99. The summed E-state index contributed by atoms with van der Waals surface area (Å²) in [5.41, 5.74) is 0.609. The van der Waals surface area contributed by atoms with Gasteiger partial charge in [0.2, 0.25) is 0 Å². The minimum Gasteiger partial charge on any atom is -0.360 e. The standard InChI is InChI=1S/C19H25FN2OS/c20-16-8-6-14(7-9-16)18(23)15-10-12-22(13-11-15)19(24)21-17-4-2-1-3-5-17/h6-9,15,17H,1-5,10-13H2,(H,21,24). The highest BCUT2D eigenvalue weighted by atomic mass is 32.1. The second kappa shape index (κ2) is 8.06. The van der Waals surface area contributed by atoms with Crippen LogP contribution in [-0.2, 0) is 0 Å². The molecule has 1 saturated carbocycles. The highest BCUT2D eigenvalue weighted by Crippen LogP contribution is 2.23. The van der Waals surface area contributed by atoms with Gasteiger partial charge in [-0.15, -0.1) is 0 Å². The third-order valence-corrected chi connectivity index (χ3v) is 5.59. The number of thiocarbonyl (C=S) groups is 1. The molecule has 0 aromatic heterocycles. The summed E-state index contributed by atoms with van der Waals surface area (Å²) in [5, 5.41) is 4.34. The van der Waals surface area contributed by atoms with Crippen LogP contribution in [0.2, 0.25) is 0 Å². The maximum absolute atomic E-state index is 13.0. The maximum Gasteiger partial charge on any atom is 0.169 e. The zero-order valence-electron chi connectivity index (χ0n) is 14.0. The van der Waals surface area contributed by atoms with E-state index in [9.17, 15) is 9.18 Å². The minimum absolute atomic E-state index is 0.0178. The van der Waals surface area contributed by atoms with Crippen molar-refractivity contribution in [2.75, 3.05) is 13.1 Å². The Bertz CT molecular complexity index is 576. The Hall–Kier alpha value is -1.49. The molecule has 3 rings (SSSR count). The van der Waals surface area contributed by atoms with Crippen molar-refractivity contribution in [3.8, 4) is 0 Å². The molecule has 1 heterocycles. The first-order valence-corrected chi connectivity index (χ1v) is 9.39. The van der Waals surface area contributed by atoms with Gasteiger partial charge in [-0.2, -0.15) is 0 Å². The van der Waals surface area contributed by atoms with Gasteiger partial charge in [0, 0.05) is 30.6 Å². The van der Waals surface area contributed by atoms with Crippen molar-refractivity contribution in [3.63, 3.8) is 0 Å². The number of nitrogens with zero attached hydrogens (tertiary/aromatic N) is 1. The average molecular weight is 348 g/mol. The molecule has 2 aliphatic rings. The fourth-order valence-electron chi connectivity index (χ4n) is 3.71. The number of benzene rings is 1. The quantitative estimate of drug-likeness (QED) is 0.663. The van der Waals surface area contributed by atoms with Gasteiger partial charge in [-0.05, 0) is 62.2 Å². The van der Waals surface area contributed by atoms with E-state index in [0.29, 0.717) is 11.6 Å². The molecule has 0 bridgehead atoms. The third kappa shape index (κ3) is 4.32. The zero-order valence-corrected chi connectivity index (χ0v) is 14.8. The molecule has 1 aliphatic heterocycles. The molecule has 24 heavy (non-hydrogen) atoms. The van der Waals surface area contributed by atoms with E-state index in [1.165, 1.54) is 44.2 Å². The first kappa shape index (κ1) is 17.3. The van der Waals surface area contributed by atoms with Crippen molar-refractivity contribution >= 4 is 23.1 Å². The lowest BCUT2D eigenvalue weighted by atomic mass is 9.89. The number of carbonyl (C=O) groups excluding carboxylic acids is 1. The summed E-state index contributed by atoms with van der Waals surface area (Å²) in [6.07, 6.45) is 7.94. The Morgan fingerprint density at radius 3 is 2.29 bits per heavy atom. The van der Waals surface area contributed by atoms with Gasteiger partial charge in [0.05, 0.1) is 0 Å². The first-order chi connectivity index (χ1) is 11.6. The number of nitrogens with one attached hydrogen (secondary N) is 1. The van der Waals surface area contributed by atoms with Crippen LogP contribution in [0, 0.1) is 11.7 Å². The van der Waals surface area contributed by atoms with Crippen LogP contribution in [0.3, 0.4) is 0 Å². The van der Waals surface area contributed by atoms with Gasteiger partial charge in [-0.3, -0.25) is 4.79 Å². The molecule has 5 heteroatoms. The van der Waals surface area contributed by atoms with Crippen molar-refractivity contribution in [2.24, 2.45) is 5.92 Å². The van der Waals surface area contributed by atoms with Gasteiger partial charge >= 0.3 is 0 Å². The summed E-state index contributed by atoms with van der Waals surface area (Å²) in [6, 6.07) is 6.39. The molecule has 2 fully saturated rings. The number of hydrogen-bond donors (Lipinski definition) is 1. The van der Waals surface area contributed by atoms with Gasteiger partial charge in [0.15, 0.2) is 10.9 Å². The molecule has 0 atom stereocenters. The third-order valence-electron chi connectivity index (χ3n) is 5.21. The van der Waals surface area contributed by atoms with Crippen molar-refractivity contribution in [2.45, 2.75) is 51.0 Å². The molecule has 1 aromatic rings. The Kier molecular flexibility index (Phi) is 5.82. The SMILES string of the molecule is O=C(c1ccc(F)cc1)C1CCN(C(=S)NC2CCCCC2)CC1. The lowest BCUT2D eigenvalue weighted by Crippen LogP contribution is -2.48. The number of ketones is 1. The molecule has 0 radical (unpaired) electrons. The summed E-state index contributed by atoms with van der Waals surface area (Å²) in [7, 11) is 0. The number of halogens is 1. The van der Waals surface area contributed by atoms with E-state index in [2.05, 4.69) is 10.2 Å². The van der Waals surface area contributed by atoms with Gasteiger partial charge in [0.25, 0.3) is 0 Å². The van der Waals surface area contributed by atoms with E-state index in [-0.39, 0.29) is 17.5 Å². The van der Waals surface area contributed by atoms with Crippen LogP contribution in [0.5, 0.6) is 0 Å². The second-order valence-electron chi connectivity index (χ2n) is 6.92. The predicted octanol–water partition coefficient (Wildman–Crippen LogP) is 3.93. The van der Waals surface area contributed by atoms with E-state index in [0.717, 1.165) is 31.0 Å². The lowest BCUT2D eigenvalue weighted by molar-refractivity contribution is 0.0871. The molecule has 0 unspecified atom stereocenters. The Morgan fingerprint density at radius 1 is 1.04 bits per heavy atom. The smallest absolute Gasteiger partial charge is 0.169 e. The normalized spacial score (nSPS) is 20.0. The zero-order chi connectivity index (χ0) is 16.9. The molecular weight excluding hydrogens is 323 g/mol. The molecule has 130 valence electrons. The minimum atomic E-state index is -0.305. The van der Waals surface area contributed by atoms with Crippen molar-refractivity contribution in [1.82, 2.24) is 10.2 Å². The summed E-state index contributed by atoms with van der Waals surface area (Å²) in [5.74, 6) is -0.162. The summed E-state index contributed by atoms with van der Waals surface area (Å²) < 4.78 is 13.0. The lowest BCUT2D eigenvalue weighted by Gasteiger charge is -2.35. The van der Waals surface area contributed by atoms with Crippen molar-refractivity contribution in [3.05, 3.63) is 35.6 Å². The summed E-state index contributed by atoms with van der Waals surface area (Å²) in [4.78, 5) is 14.7. The number of carbonyl (C=O) groups is 1. The van der Waals surface area contributed by atoms with Crippen LogP contribution in [-0.4, -0.2) is 34.9 Å². The van der Waals surface area contributed by atoms with E-state index in [1.54, 1.807) is 12.1 Å². The summed E-state index contributed by atoms with van der Waals surface area (Å²) in [6.45, 7) is 1.63. The van der Waals surface area contributed by atoms with E-state index >= 15 is 0 Å². The molecule has 1 aliphatic carbocycles. The van der Waals surface area contributed by atoms with E-state index in [4.69, 9.17) is 12.2 Å². The monoisotopic (exact) mass is 348 g/mol. The molecular formula is C19H25FN2OS. The number of rotatable bonds is 3. The average Bonchev–Trinajstić information content (AvgIpc) is 2.63. The van der Waals surface area contributed by atoms with Crippen molar-refractivity contribution in [1.29, 1.82) is 0 Å². The van der Waals surface area contributed by atoms with Crippen LogP contribution >= 0.6 is 12.2 Å². The highest BCUT2D eigenvalue weighted by molar-refractivity contribution is 7.80. The van der Waals surface area contributed by atoms with Crippen LogP contribution in [0.1, 0.15) is 55.3 Å². The van der Waals surface area contributed by atoms with Crippen LogP contribution in [0.4, 0.5) is 4.39 Å². The molecule has 1 N–H and O–H groups in total. The van der Waals surface area contributed by atoms with Crippen LogP contribution in [0.25, 0.3) is 0 Å². The predicted molar refractivity (Wildman–Crippen MR) is 97.6 cm³/mol. The van der Waals surface area contributed by atoms with Crippen molar-refractivity contribution < 1.29 is 9.18 Å². The topological polar surface area (TPSA) is 32.3 Å². The summed E-state index contributed by atoms with van der Waals surface area (Å²) >= 11 is 5.56. The Balaban J connectivity index is 1.48. The fourth-order valence-corrected chi connectivity index (χ4v) is 4.06. The van der Waals surface area contributed by atoms with Gasteiger partial charge < -0.3 is 10.2 Å². The number of likely N-dealkylation sites (tertiary alicyclic amines) is 1. The number of Topliss-reactive ketones (excluding diaryl/α,β-unsaturated/α-hetero) is 1. The van der Waals surface area contributed by atoms with Gasteiger partial charge in [-0.1, -0.05) is 19.3 Å². The van der Waals surface area contributed by atoms with Gasteiger partial charge in [-0.25, -0.2) is 4.39 Å². The number of piperidine rings is 1. The van der Waals surface area contributed by atoms with E-state index in [1.807, 2.05) is 0 Å². The fraction of sp³-hybridized carbons (Fsp3) is 0.579. The molecule has 3 nitrogen and oxygen atoms in total. The molecule has 0 spiro atoms. The maximum atomic E-state index is 13.0. The highest BCUT2D eigenvalue weighted by Gasteiger charge is 2.27. The number of hydrogen-bond acceptors (Lipinski definition) is 2. The molecule has 1 saturated heterocycles.